The maximum atomic E-state index is 11.0. The van der Waals surface area contributed by atoms with E-state index in [2.05, 4.69) is 11.6 Å². The Morgan fingerprint density at radius 1 is 1.38 bits per heavy atom. The van der Waals surface area contributed by atoms with Crippen LogP contribution in [-0.2, 0) is 4.79 Å². The molecule has 0 rings (SSSR count). The Balaban J connectivity index is 3.08. The fraction of sp³-hybridized carbons (Fsp3) is 0.889. The van der Waals surface area contributed by atoms with Gasteiger partial charge in [-0.1, -0.05) is 0 Å². The average molecular weight is 205 g/mol. The van der Waals surface area contributed by atoms with Gasteiger partial charge in [-0.2, -0.15) is 11.8 Å². The van der Waals surface area contributed by atoms with Gasteiger partial charge in [0.2, 0.25) is 5.91 Å². The molecule has 1 amide bonds. The first kappa shape index (κ1) is 12.8. The van der Waals surface area contributed by atoms with Gasteiger partial charge in [-0.05, 0) is 31.3 Å². The van der Waals surface area contributed by atoms with Crippen LogP contribution in [0.1, 0.15) is 25.7 Å². The Hall–Kier alpha value is -0.220. The standard InChI is InChI=1S/C9H19NO2S/c1-13-8-3-2-6-10-9(12)5-4-7-11/h11H,2-8H2,1H3,(H,10,12). The van der Waals surface area contributed by atoms with E-state index >= 15 is 0 Å². The first-order valence-electron chi connectivity index (χ1n) is 4.67. The molecule has 0 saturated carbocycles. The lowest BCUT2D eigenvalue weighted by Crippen LogP contribution is -2.24. The summed E-state index contributed by atoms with van der Waals surface area (Å²) in [5.41, 5.74) is 0. The van der Waals surface area contributed by atoms with Crippen LogP contribution < -0.4 is 5.32 Å². The quantitative estimate of drug-likeness (QED) is 0.582. The fourth-order valence-electron chi connectivity index (χ4n) is 0.927. The van der Waals surface area contributed by atoms with E-state index in [4.69, 9.17) is 5.11 Å². The van der Waals surface area contributed by atoms with Crippen molar-refractivity contribution in [3.8, 4) is 0 Å². The minimum atomic E-state index is 0.0539. The summed E-state index contributed by atoms with van der Waals surface area (Å²) in [6.07, 6.45) is 5.29. The SMILES string of the molecule is CSCCCCNC(=O)CCCO. The molecule has 13 heavy (non-hydrogen) atoms. The number of amides is 1. The van der Waals surface area contributed by atoms with Gasteiger partial charge in [-0.3, -0.25) is 4.79 Å². The van der Waals surface area contributed by atoms with E-state index in [0.717, 1.165) is 25.1 Å². The first-order valence-corrected chi connectivity index (χ1v) is 6.07. The van der Waals surface area contributed by atoms with Gasteiger partial charge in [0, 0.05) is 19.6 Å². The molecular weight excluding hydrogens is 186 g/mol. The highest BCUT2D eigenvalue weighted by atomic mass is 32.2. The normalized spacial score (nSPS) is 10.0. The summed E-state index contributed by atoms with van der Waals surface area (Å²) in [4.78, 5) is 11.0. The van der Waals surface area contributed by atoms with Crippen molar-refractivity contribution in [3.63, 3.8) is 0 Å². The molecule has 0 aromatic carbocycles. The minimum Gasteiger partial charge on any atom is -0.396 e. The van der Waals surface area contributed by atoms with Crippen LogP contribution in [0.5, 0.6) is 0 Å². The van der Waals surface area contributed by atoms with Gasteiger partial charge in [0.15, 0.2) is 0 Å². The molecule has 0 unspecified atom stereocenters. The van der Waals surface area contributed by atoms with Crippen LogP contribution in [0, 0.1) is 0 Å². The van der Waals surface area contributed by atoms with Crippen LogP contribution in [0.3, 0.4) is 0 Å². The molecule has 0 saturated heterocycles. The molecule has 0 aliphatic carbocycles. The van der Waals surface area contributed by atoms with Crippen molar-refractivity contribution >= 4 is 17.7 Å². The lowest BCUT2D eigenvalue weighted by molar-refractivity contribution is -0.121. The number of unbranched alkanes of at least 4 members (excludes halogenated alkanes) is 1. The molecule has 0 heterocycles. The number of nitrogens with one attached hydrogen (secondary N) is 1. The fourth-order valence-corrected chi connectivity index (χ4v) is 1.42. The summed E-state index contributed by atoms with van der Waals surface area (Å²) in [6.45, 7) is 0.866. The van der Waals surface area contributed by atoms with Crippen molar-refractivity contribution in [1.29, 1.82) is 0 Å². The van der Waals surface area contributed by atoms with Crippen molar-refractivity contribution in [2.75, 3.05) is 25.2 Å². The number of aliphatic hydroxyl groups is 1. The monoisotopic (exact) mass is 205 g/mol. The van der Waals surface area contributed by atoms with Gasteiger partial charge < -0.3 is 10.4 Å². The third-order valence-corrected chi connectivity index (χ3v) is 2.36. The molecule has 78 valence electrons. The third kappa shape index (κ3) is 9.70. The Labute approximate surface area is 84.3 Å². The maximum Gasteiger partial charge on any atom is 0.220 e. The zero-order valence-electron chi connectivity index (χ0n) is 8.21. The van der Waals surface area contributed by atoms with Crippen LogP contribution in [0.2, 0.25) is 0 Å². The largest absolute Gasteiger partial charge is 0.396 e. The Morgan fingerprint density at radius 2 is 2.15 bits per heavy atom. The predicted molar refractivity (Wildman–Crippen MR) is 56.9 cm³/mol. The molecule has 0 aromatic heterocycles. The van der Waals surface area contributed by atoms with E-state index in [1.54, 1.807) is 0 Å². The highest BCUT2D eigenvalue weighted by molar-refractivity contribution is 7.98. The van der Waals surface area contributed by atoms with Crippen LogP contribution in [0.4, 0.5) is 0 Å². The first-order chi connectivity index (χ1) is 6.31. The van der Waals surface area contributed by atoms with E-state index in [0.29, 0.717) is 12.8 Å². The van der Waals surface area contributed by atoms with Crippen molar-refractivity contribution in [2.45, 2.75) is 25.7 Å². The topological polar surface area (TPSA) is 49.3 Å². The van der Waals surface area contributed by atoms with Gasteiger partial charge >= 0.3 is 0 Å². The molecule has 0 radical (unpaired) electrons. The van der Waals surface area contributed by atoms with Crippen molar-refractivity contribution < 1.29 is 9.90 Å². The zero-order chi connectivity index (χ0) is 9.94. The van der Waals surface area contributed by atoms with Gasteiger partial charge in [-0.15, -0.1) is 0 Å². The molecule has 0 bridgehead atoms. The molecule has 2 N–H and O–H groups in total. The summed E-state index contributed by atoms with van der Waals surface area (Å²) in [7, 11) is 0. The summed E-state index contributed by atoms with van der Waals surface area (Å²) >= 11 is 1.83. The molecule has 0 spiro atoms. The highest BCUT2D eigenvalue weighted by Gasteiger charge is 1.98. The van der Waals surface area contributed by atoms with E-state index in [-0.39, 0.29) is 12.5 Å². The molecule has 0 aromatic rings. The number of hydrogen-bond acceptors (Lipinski definition) is 3. The van der Waals surface area contributed by atoms with Gasteiger partial charge in [0.05, 0.1) is 0 Å². The molecule has 0 aliphatic rings. The molecule has 3 nitrogen and oxygen atoms in total. The van der Waals surface area contributed by atoms with E-state index < -0.39 is 0 Å². The molecule has 0 atom stereocenters. The second-order valence-electron chi connectivity index (χ2n) is 2.88. The maximum absolute atomic E-state index is 11.0. The van der Waals surface area contributed by atoms with E-state index in [1.165, 1.54) is 0 Å². The lowest BCUT2D eigenvalue weighted by Gasteiger charge is -2.03. The predicted octanol–water partition coefficient (Wildman–Crippen LogP) is 1.02. The Bertz CT molecular complexity index is 131. The van der Waals surface area contributed by atoms with Crippen LogP contribution in [-0.4, -0.2) is 36.2 Å². The van der Waals surface area contributed by atoms with Gasteiger partial charge in [-0.25, -0.2) is 0 Å². The molecule has 0 aliphatic heterocycles. The van der Waals surface area contributed by atoms with E-state index in [9.17, 15) is 4.79 Å². The third-order valence-electron chi connectivity index (χ3n) is 1.66. The molecule has 4 heteroatoms. The molecule has 0 fully saturated rings. The Kier molecular flexibility index (Phi) is 9.70. The number of hydrogen-bond donors (Lipinski definition) is 2. The van der Waals surface area contributed by atoms with Crippen molar-refractivity contribution in [1.82, 2.24) is 5.32 Å². The lowest BCUT2D eigenvalue weighted by atomic mass is 10.3. The summed E-state index contributed by atoms with van der Waals surface area (Å²) in [6, 6.07) is 0. The van der Waals surface area contributed by atoms with E-state index in [1.807, 2.05) is 11.8 Å². The van der Waals surface area contributed by atoms with Crippen molar-refractivity contribution in [2.24, 2.45) is 0 Å². The second-order valence-corrected chi connectivity index (χ2v) is 3.86. The number of carbonyl (C=O) groups is 1. The summed E-state index contributed by atoms with van der Waals surface area (Å²) in [5.74, 6) is 1.21. The highest BCUT2D eigenvalue weighted by Crippen LogP contribution is 1.98. The van der Waals surface area contributed by atoms with Gasteiger partial charge in [0.25, 0.3) is 0 Å². The number of thioether (sulfide) groups is 1. The zero-order valence-corrected chi connectivity index (χ0v) is 9.03. The van der Waals surface area contributed by atoms with Crippen LogP contribution >= 0.6 is 11.8 Å². The number of carbonyl (C=O) groups excluding carboxylic acids is 1. The number of rotatable bonds is 8. The number of aliphatic hydroxyl groups excluding tert-OH is 1. The Morgan fingerprint density at radius 3 is 2.77 bits per heavy atom. The molecular formula is C9H19NO2S. The van der Waals surface area contributed by atoms with Crippen LogP contribution in [0.15, 0.2) is 0 Å². The summed E-state index contributed by atoms with van der Waals surface area (Å²) < 4.78 is 0. The smallest absolute Gasteiger partial charge is 0.220 e. The van der Waals surface area contributed by atoms with Crippen LogP contribution in [0.25, 0.3) is 0 Å². The van der Waals surface area contributed by atoms with Crippen molar-refractivity contribution in [3.05, 3.63) is 0 Å². The second kappa shape index (κ2) is 9.86. The summed E-state index contributed by atoms with van der Waals surface area (Å²) in [5, 5.41) is 11.3. The average Bonchev–Trinajstić information content (AvgIpc) is 2.14. The minimum absolute atomic E-state index is 0.0539. The van der Waals surface area contributed by atoms with Gasteiger partial charge in [0.1, 0.15) is 0 Å².